The van der Waals surface area contributed by atoms with Crippen molar-refractivity contribution in [1.29, 1.82) is 0 Å². The molecule has 2 saturated heterocycles. The Balaban J connectivity index is 1.69. The number of rotatable bonds is 3. The summed E-state index contributed by atoms with van der Waals surface area (Å²) in [7, 11) is 0. The van der Waals surface area contributed by atoms with Crippen molar-refractivity contribution < 1.29 is 13.9 Å². The summed E-state index contributed by atoms with van der Waals surface area (Å²) in [6.45, 7) is 1.43. The van der Waals surface area contributed by atoms with Crippen LogP contribution in [-0.2, 0) is 9.53 Å². The van der Waals surface area contributed by atoms with Crippen molar-refractivity contribution >= 4 is 17.5 Å². The van der Waals surface area contributed by atoms with Gasteiger partial charge in [0.25, 0.3) is 0 Å². The molecule has 6 heteroatoms. The molecule has 3 atom stereocenters. The molecular formula is C15H18ClFN2O2. The second-order valence-electron chi connectivity index (χ2n) is 5.52. The Morgan fingerprint density at radius 1 is 1.43 bits per heavy atom. The van der Waals surface area contributed by atoms with E-state index in [-0.39, 0.29) is 29.1 Å². The normalized spacial score (nSPS) is 28.8. The first-order valence-corrected chi connectivity index (χ1v) is 7.63. The van der Waals surface area contributed by atoms with Crippen LogP contribution in [0.15, 0.2) is 18.2 Å². The average Bonchev–Trinajstić information content (AvgIpc) is 3.13. The molecule has 2 aliphatic heterocycles. The van der Waals surface area contributed by atoms with Crippen molar-refractivity contribution in [2.75, 3.05) is 13.2 Å². The Hall–Kier alpha value is -1.17. The van der Waals surface area contributed by atoms with Crippen molar-refractivity contribution in [2.24, 2.45) is 0 Å². The molecule has 0 saturated carbocycles. The van der Waals surface area contributed by atoms with Crippen molar-refractivity contribution in [3.05, 3.63) is 34.6 Å². The second kappa shape index (κ2) is 6.30. The number of halogens is 2. The van der Waals surface area contributed by atoms with Crippen LogP contribution < -0.4 is 10.6 Å². The Kier molecular flexibility index (Phi) is 4.42. The summed E-state index contributed by atoms with van der Waals surface area (Å²) in [6, 6.07) is 4.40. The van der Waals surface area contributed by atoms with Crippen LogP contribution in [0.2, 0.25) is 5.02 Å². The monoisotopic (exact) mass is 312 g/mol. The molecule has 3 rings (SSSR count). The summed E-state index contributed by atoms with van der Waals surface area (Å²) in [6.07, 6.45) is 2.29. The zero-order chi connectivity index (χ0) is 14.8. The fraction of sp³-hybridized carbons (Fsp3) is 0.533. The molecule has 1 aromatic rings. The quantitative estimate of drug-likeness (QED) is 0.899. The van der Waals surface area contributed by atoms with Crippen molar-refractivity contribution in [1.82, 2.24) is 10.6 Å². The zero-order valence-electron chi connectivity index (χ0n) is 11.6. The van der Waals surface area contributed by atoms with E-state index >= 15 is 0 Å². The first-order chi connectivity index (χ1) is 10.1. The van der Waals surface area contributed by atoms with E-state index < -0.39 is 5.82 Å². The SMILES string of the molecule is O=C(NC1CCOC1c1ccc(Cl)c(F)c1)C1CCCN1. The molecule has 4 nitrogen and oxygen atoms in total. The zero-order valence-corrected chi connectivity index (χ0v) is 12.3. The molecule has 3 unspecified atom stereocenters. The van der Waals surface area contributed by atoms with E-state index in [4.69, 9.17) is 16.3 Å². The fourth-order valence-electron chi connectivity index (χ4n) is 2.95. The smallest absolute Gasteiger partial charge is 0.237 e. The van der Waals surface area contributed by atoms with E-state index in [9.17, 15) is 9.18 Å². The van der Waals surface area contributed by atoms with Crippen LogP contribution in [0.25, 0.3) is 0 Å². The van der Waals surface area contributed by atoms with E-state index in [1.54, 1.807) is 6.07 Å². The third kappa shape index (κ3) is 3.20. The maximum absolute atomic E-state index is 13.6. The van der Waals surface area contributed by atoms with Crippen LogP contribution in [0, 0.1) is 5.82 Å². The van der Waals surface area contributed by atoms with Crippen LogP contribution in [0.1, 0.15) is 30.9 Å². The molecule has 0 aromatic heterocycles. The summed E-state index contributed by atoms with van der Waals surface area (Å²) in [5, 5.41) is 6.28. The van der Waals surface area contributed by atoms with Gasteiger partial charge in [-0.15, -0.1) is 0 Å². The summed E-state index contributed by atoms with van der Waals surface area (Å²) >= 11 is 5.70. The van der Waals surface area contributed by atoms with E-state index in [0.29, 0.717) is 12.2 Å². The molecule has 0 bridgehead atoms. The predicted octanol–water partition coefficient (Wildman–Crippen LogP) is 2.18. The summed E-state index contributed by atoms with van der Waals surface area (Å²) in [5.74, 6) is -0.463. The summed E-state index contributed by atoms with van der Waals surface area (Å²) < 4.78 is 19.2. The van der Waals surface area contributed by atoms with Gasteiger partial charge in [-0.3, -0.25) is 4.79 Å². The van der Waals surface area contributed by atoms with Gasteiger partial charge in [-0.2, -0.15) is 0 Å². The number of carbonyl (C=O) groups is 1. The van der Waals surface area contributed by atoms with Crippen LogP contribution in [0.4, 0.5) is 4.39 Å². The molecule has 2 fully saturated rings. The van der Waals surface area contributed by atoms with Gasteiger partial charge in [-0.1, -0.05) is 17.7 Å². The van der Waals surface area contributed by atoms with Crippen LogP contribution in [0.5, 0.6) is 0 Å². The fourth-order valence-corrected chi connectivity index (χ4v) is 3.06. The standard InChI is InChI=1S/C15H18ClFN2O2/c16-10-4-3-9(8-11(10)17)14-12(5-7-21-14)19-15(20)13-2-1-6-18-13/h3-4,8,12-14,18H,1-2,5-7H2,(H,19,20). The van der Waals surface area contributed by atoms with Crippen LogP contribution >= 0.6 is 11.6 Å². The number of hydrogen-bond donors (Lipinski definition) is 2. The van der Waals surface area contributed by atoms with Crippen LogP contribution in [0.3, 0.4) is 0 Å². The highest BCUT2D eigenvalue weighted by Crippen LogP contribution is 2.31. The number of benzene rings is 1. The highest BCUT2D eigenvalue weighted by Gasteiger charge is 2.33. The largest absolute Gasteiger partial charge is 0.371 e. The first-order valence-electron chi connectivity index (χ1n) is 7.25. The topological polar surface area (TPSA) is 50.4 Å². The molecule has 0 spiro atoms. The maximum Gasteiger partial charge on any atom is 0.237 e. The van der Waals surface area contributed by atoms with E-state index in [1.165, 1.54) is 12.1 Å². The number of carbonyl (C=O) groups excluding carboxylic acids is 1. The first kappa shape index (κ1) is 14.8. The number of amides is 1. The van der Waals surface area contributed by atoms with Gasteiger partial charge in [0, 0.05) is 6.61 Å². The lowest BCUT2D eigenvalue weighted by atomic mass is 10.0. The third-order valence-electron chi connectivity index (χ3n) is 4.07. The summed E-state index contributed by atoms with van der Waals surface area (Å²) in [5.41, 5.74) is 0.707. The minimum Gasteiger partial charge on any atom is -0.371 e. The molecule has 21 heavy (non-hydrogen) atoms. The van der Waals surface area contributed by atoms with Crippen molar-refractivity contribution in [3.63, 3.8) is 0 Å². The van der Waals surface area contributed by atoms with Crippen molar-refractivity contribution in [2.45, 2.75) is 37.5 Å². The Bertz CT molecular complexity index is 534. The third-order valence-corrected chi connectivity index (χ3v) is 4.37. The van der Waals surface area contributed by atoms with Gasteiger partial charge in [-0.25, -0.2) is 4.39 Å². The Morgan fingerprint density at radius 2 is 2.29 bits per heavy atom. The van der Waals surface area contributed by atoms with E-state index in [2.05, 4.69) is 10.6 Å². The highest BCUT2D eigenvalue weighted by molar-refractivity contribution is 6.30. The molecular weight excluding hydrogens is 295 g/mol. The predicted molar refractivity (Wildman–Crippen MR) is 77.7 cm³/mol. The van der Waals surface area contributed by atoms with Crippen LogP contribution in [-0.4, -0.2) is 31.1 Å². The van der Waals surface area contributed by atoms with Gasteiger partial charge >= 0.3 is 0 Å². The van der Waals surface area contributed by atoms with Gasteiger partial charge in [-0.05, 0) is 43.5 Å². The number of hydrogen-bond acceptors (Lipinski definition) is 3. The molecule has 1 aromatic carbocycles. The molecule has 0 aliphatic carbocycles. The van der Waals surface area contributed by atoms with E-state index in [1.807, 2.05) is 0 Å². The lowest BCUT2D eigenvalue weighted by Crippen LogP contribution is -2.46. The van der Waals surface area contributed by atoms with Gasteiger partial charge < -0.3 is 15.4 Å². The molecule has 2 N–H and O–H groups in total. The van der Waals surface area contributed by atoms with Gasteiger partial charge in [0.1, 0.15) is 11.9 Å². The Morgan fingerprint density at radius 3 is 3.00 bits per heavy atom. The average molecular weight is 313 g/mol. The van der Waals surface area contributed by atoms with Crippen molar-refractivity contribution in [3.8, 4) is 0 Å². The van der Waals surface area contributed by atoms with Gasteiger partial charge in [0.15, 0.2) is 0 Å². The minimum absolute atomic E-state index is 0.00226. The van der Waals surface area contributed by atoms with Gasteiger partial charge in [0.05, 0.1) is 17.1 Å². The van der Waals surface area contributed by atoms with E-state index in [0.717, 1.165) is 25.8 Å². The highest BCUT2D eigenvalue weighted by atomic mass is 35.5. The lowest BCUT2D eigenvalue weighted by Gasteiger charge is -2.22. The molecule has 2 aliphatic rings. The second-order valence-corrected chi connectivity index (χ2v) is 5.92. The molecule has 114 valence electrons. The number of nitrogens with one attached hydrogen (secondary N) is 2. The number of ether oxygens (including phenoxy) is 1. The molecule has 0 radical (unpaired) electrons. The molecule has 2 heterocycles. The van der Waals surface area contributed by atoms with Gasteiger partial charge in [0.2, 0.25) is 5.91 Å². The minimum atomic E-state index is -0.466. The lowest BCUT2D eigenvalue weighted by molar-refractivity contribution is -0.123. The molecule has 1 amide bonds. The summed E-state index contributed by atoms with van der Waals surface area (Å²) in [4.78, 5) is 12.2. The Labute approximate surface area is 128 Å². The maximum atomic E-state index is 13.6.